The summed E-state index contributed by atoms with van der Waals surface area (Å²) in [7, 11) is -5.34. The average Bonchev–Trinajstić information content (AvgIpc) is 3.72. The van der Waals surface area contributed by atoms with Gasteiger partial charge in [0.05, 0.1) is 25.9 Å². The Morgan fingerprint density at radius 2 is 1.67 bits per heavy atom. The molecule has 25 heteroatoms. The number of aliphatic hydroxyl groups is 2. The van der Waals surface area contributed by atoms with E-state index in [2.05, 4.69) is 30.3 Å². The molecule has 0 saturated carbocycles. The van der Waals surface area contributed by atoms with Gasteiger partial charge < -0.3 is 43.0 Å². The lowest BCUT2D eigenvalue weighted by atomic mass is 10.1. The molecule has 45 heavy (non-hydrogen) atoms. The van der Waals surface area contributed by atoms with Crippen LogP contribution in [0.3, 0.4) is 0 Å². The fourth-order valence-corrected chi connectivity index (χ4v) is 7.83. The van der Waals surface area contributed by atoms with Crippen molar-refractivity contribution in [2.24, 2.45) is 25.0 Å². The summed E-state index contributed by atoms with van der Waals surface area (Å²) in [5.41, 5.74) is 0. The number of amides is 2. The zero-order chi connectivity index (χ0) is 31.8. The summed E-state index contributed by atoms with van der Waals surface area (Å²) >= 11 is 5.14. The largest absolute Gasteiger partial charge is 0.756 e. The summed E-state index contributed by atoms with van der Waals surface area (Å²) in [6.07, 6.45) is -9.01. The summed E-state index contributed by atoms with van der Waals surface area (Å²) in [4.78, 5) is 70.3. The number of aliphatic hydroxyl groups excluding tert-OH is 2. The van der Waals surface area contributed by atoms with Crippen LogP contribution in [-0.4, -0.2) is 148 Å². The molecule has 7 rings (SSSR count). The van der Waals surface area contributed by atoms with Crippen molar-refractivity contribution in [3.05, 3.63) is 0 Å². The third-order valence-corrected chi connectivity index (χ3v) is 10.0. The van der Waals surface area contributed by atoms with Gasteiger partial charge in [0.15, 0.2) is 30.4 Å². The fourth-order valence-electron chi connectivity index (χ4n) is 5.46. The summed E-state index contributed by atoms with van der Waals surface area (Å²) in [6, 6.07) is -2.25. The van der Waals surface area contributed by atoms with E-state index in [1.807, 2.05) is 0 Å². The van der Waals surface area contributed by atoms with E-state index in [0.29, 0.717) is 0 Å². The maximum atomic E-state index is 13.1. The number of fused-ring (bicyclic) bond motifs is 5. The van der Waals surface area contributed by atoms with Gasteiger partial charge >= 0.3 is 6.72 Å². The number of nitrogens with one attached hydrogen (secondary N) is 2. The second-order valence-corrected chi connectivity index (χ2v) is 14.4. The van der Waals surface area contributed by atoms with Gasteiger partial charge in [-0.25, -0.2) is 4.99 Å². The number of nitrogens with zero attached hydrogens (tertiary/aromatic N) is 7. The molecule has 7 aliphatic heterocycles. The lowest BCUT2D eigenvalue weighted by Crippen LogP contribution is -2.53. The molecule has 22 nitrogen and oxygen atoms in total. The van der Waals surface area contributed by atoms with E-state index in [4.69, 9.17) is 44.8 Å². The third kappa shape index (κ3) is 5.52. The average molecular weight is 690 g/mol. The Hall–Kier alpha value is -2.76. The highest BCUT2D eigenvalue weighted by Crippen LogP contribution is 2.51. The van der Waals surface area contributed by atoms with Crippen molar-refractivity contribution in [2.45, 2.75) is 61.2 Å². The van der Waals surface area contributed by atoms with Crippen LogP contribution in [0.4, 0.5) is 0 Å². The van der Waals surface area contributed by atoms with Gasteiger partial charge in [-0.1, -0.05) is 0 Å². The van der Waals surface area contributed by atoms with Crippen LogP contribution in [-0.2, 0) is 53.5 Å². The summed E-state index contributed by atoms with van der Waals surface area (Å²) in [5.74, 6) is -1.81. The molecule has 0 spiro atoms. The molecule has 2 amide bonds. The molecular formula is C20H22N9O13P2S-. The monoisotopic (exact) mass is 690 g/mol. The molecule has 242 valence electrons. The standard InChI is InChI=1S/C20H23N9O13P2S/c21-20-26-15-9(17(33)27-20)25-5-29(15)19-13-10(30)6(39-19)1-38-44(36,45)42-12-7(2-37-43(34,35)41-13)40-18(11(12)31)28-4-24-8-14(28)22-3-23-16(8)32/h3-13,18-19,30-31H,1-2H2,(H,34,35)(H,36,45)(H2,21,27,33)/p-1/t6-,7-,8?,9?,10-,11-,12-,13-,18-,19-,44?/m1/s1. The predicted molar refractivity (Wildman–Crippen MR) is 148 cm³/mol. The minimum Gasteiger partial charge on any atom is -0.756 e. The summed E-state index contributed by atoms with van der Waals surface area (Å²) in [5, 5.41) is 32.1. The third-order valence-electron chi connectivity index (χ3n) is 7.50. The van der Waals surface area contributed by atoms with E-state index in [1.54, 1.807) is 0 Å². The van der Waals surface area contributed by atoms with Crippen LogP contribution in [0.5, 0.6) is 0 Å². The maximum Gasteiger partial charge on any atom is 0.325 e. The van der Waals surface area contributed by atoms with Crippen molar-refractivity contribution < 1.29 is 61.7 Å². The van der Waals surface area contributed by atoms with Crippen molar-refractivity contribution in [1.29, 1.82) is 5.41 Å². The van der Waals surface area contributed by atoms with Gasteiger partial charge in [0.2, 0.25) is 5.96 Å². The minimum atomic E-state index is -5.34. The number of carbonyl (C=O) groups is 2. The quantitative estimate of drug-likeness (QED) is 0.171. The first-order chi connectivity index (χ1) is 21.3. The van der Waals surface area contributed by atoms with E-state index < -0.39 is 107 Å². The number of ether oxygens (including phenoxy) is 2. The number of phosphoric acid groups is 1. The Morgan fingerprint density at radius 3 is 2.44 bits per heavy atom. The maximum absolute atomic E-state index is 13.1. The Balaban J connectivity index is 1.15. The van der Waals surface area contributed by atoms with Crippen molar-refractivity contribution in [3.63, 3.8) is 0 Å². The van der Waals surface area contributed by atoms with Crippen LogP contribution < -0.4 is 10.2 Å². The van der Waals surface area contributed by atoms with E-state index in [9.17, 15) is 34.2 Å². The molecule has 12 atom stereocenters. The van der Waals surface area contributed by atoms with Gasteiger partial charge in [0.1, 0.15) is 48.8 Å². The predicted octanol–water partition coefficient (Wildman–Crippen LogP) is -4.48. The van der Waals surface area contributed by atoms with Gasteiger partial charge in [-0.15, -0.1) is 0 Å². The van der Waals surface area contributed by atoms with E-state index in [-0.39, 0.29) is 11.7 Å². The molecule has 7 aliphatic rings. The van der Waals surface area contributed by atoms with Crippen molar-refractivity contribution in [1.82, 2.24) is 15.1 Å². The Kier molecular flexibility index (Phi) is 7.68. The Labute approximate surface area is 256 Å². The minimum absolute atomic E-state index is 0.0721. The van der Waals surface area contributed by atoms with Gasteiger partial charge in [-0.05, 0) is 11.8 Å². The summed E-state index contributed by atoms with van der Waals surface area (Å²) in [6.45, 7) is -5.77. The summed E-state index contributed by atoms with van der Waals surface area (Å²) < 4.78 is 46.1. The van der Waals surface area contributed by atoms with Crippen LogP contribution in [0.2, 0.25) is 0 Å². The van der Waals surface area contributed by atoms with Crippen LogP contribution in [0.25, 0.3) is 0 Å². The zero-order valence-corrected chi connectivity index (χ0v) is 24.9. The molecule has 0 aromatic rings. The second kappa shape index (κ2) is 11.2. The van der Waals surface area contributed by atoms with Gasteiger partial charge in [-0.3, -0.25) is 49.2 Å². The fraction of sp³-hybridized carbons (Fsp3) is 0.600. The molecule has 7 heterocycles. The van der Waals surface area contributed by atoms with Crippen LogP contribution >= 0.6 is 14.5 Å². The number of hydrogen-bond acceptors (Lipinski definition) is 19. The number of amidine groups is 2. The topological polar surface area (TPSA) is 294 Å². The van der Waals surface area contributed by atoms with Crippen LogP contribution in [0.15, 0.2) is 25.0 Å². The van der Waals surface area contributed by atoms with Gasteiger partial charge in [0.25, 0.3) is 19.6 Å². The number of rotatable bonds is 2. The first kappa shape index (κ1) is 30.9. The van der Waals surface area contributed by atoms with Gasteiger partial charge in [0, 0.05) is 0 Å². The molecule has 0 aromatic carbocycles. The Morgan fingerprint density at radius 1 is 0.978 bits per heavy atom. The lowest BCUT2D eigenvalue weighted by Gasteiger charge is -2.34. The molecule has 3 saturated heterocycles. The smallest absolute Gasteiger partial charge is 0.325 e. The second-order valence-electron chi connectivity index (χ2n) is 10.3. The number of phosphoric ester groups is 1. The van der Waals surface area contributed by atoms with Gasteiger partial charge in [-0.2, -0.15) is 9.98 Å². The van der Waals surface area contributed by atoms with Crippen LogP contribution in [0, 0.1) is 5.41 Å². The normalized spacial score (nSPS) is 46.1. The van der Waals surface area contributed by atoms with Crippen molar-refractivity contribution in [2.75, 3.05) is 13.2 Å². The first-order valence-corrected chi connectivity index (χ1v) is 17.1. The molecule has 0 radical (unpaired) electrons. The molecule has 0 aliphatic carbocycles. The molecule has 5 N–H and O–H groups in total. The lowest BCUT2D eigenvalue weighted by molar-refractivity contribution is -0.237. The number of hydrogen-bond donors (Lipinski definition) is 5. The van der Waals surface area contributed by atoms with Crippen molar-refractivity contribution >= 4 is 74.8 Å². The van der Waals surface area contributed by atoms with Crippen LogP contribution in [0.1, 0.15) is 0 Å². The highest BCUT2D eigenvalue weighted by Gasteiger charge is 2.55. The van der Waals surface area contributed by atoms with E-state index >= 15 is 0 Å². The van der Waals surface area contributed by atoms with Crippen molar-refractivity contribution in [3.8, 4) is 0 Å². The zero-order valence-electron chi connectivity index (χ0n) is 22.3. The highest BCUT2D eigenvalue weighted by molar-refractivity contribution is 8.07. The first-order valence-electron chi connectivity index (χ1n) is 13.0. The SMILES string of the molecule is N=C1N=C2C(N=CN2[C@@H]2O[C@@H]3COP(O)(=S)O[C@H]4[C@@H](O)[C@H](N5C=NC6C(=O)N=CN=C65)O[C@@H]4COP(=O)([O-])O[C@@H]2[C@@H]3O)C(=O)N1. The molecule has 3 fully saturated rings. The Bertz CT molecular complexity index is 1590. The molecule has 4 unspecified atom stereocenters. The molecular weight excluding hydrogens is 668 g/mol. The highest BCUT2D eigenvalue weighted by atomic mass is 32.5. The molecule has 2 bridgehead atoms. The number of guanidine groups is 1. The molecule has 0 aromatic heterocycles. The van der Waals surface area contributed by atoms with E-state index in [0.717, 1.165) is 17.6 Å². The number of aliphatic imine (C=N–C) groups is 5. The van der Waals surface area contributed by atoms with E-state index in [1.165, 1.54) is 11.2 Å². The number of carbonyl (C=O) groups excluding carboxylic acids is 2.